The van der Waals surface area contributed by atoms with Gasteiger partial charge in [0.2, 0.25) is 0 Å². The van der Waals surface area contributed by atoms with Gasteiger partial charge >= 0.3 is 0 Å². The van der Waals surface area contributed by atoms with E-state index in [-0.39, 0.29) is 0 Å². The molecule has 2 rings (SSSR count). The van der Waals surface area contributed by atoms with Gasteiger partial charge in [0.1, 0.15) is 12.4 Å². The molecule has 0 fully saturated rings. The minimum atomic E-state index is 0.577. The van der Waals surface area contributed by atoms with Gasteiger partial charge in [-0.05, 0) is 30.2 Å². The number of nitrogens with one attached hydrogen (secondary N) is 1. The maximum absolute atomic E-state index is 7.50. The third kappa shape index (κ3) is 3.74. The monoisotopic (exact) mass is 239 g/mol. The van der Waals surface area contributed by atoms with Crippen LogP contribution in [0.4, 0.5) is 0 Å². The van der Waals surface area contributed by atoms with Crippen molar-refractivity contribution in [2.24, 2.45) is 0 Å². The molecule has 0 saturated carbocycles. The molecule has 0 amide bonds. The lowest BCUT2D eigenvalue weighted by atomic mass is 10.1. The Morgan fingerprint density at radius 2 is 1.72 bits per heavy atom. The van der Waals surface area contributed by atoms with Gasteiger partial charge in [0.15, 0.2) is 0 Å². The summed E-state index contributed by atoms with van der Waals surface area (Å²) in [6.45, 7) is 2.39. The zero-order chi connectivity index (χ0) is 12.8. The Balaban J connectivity index is 1.99. The predicted octanol–water partition coefficient (Wildman–Crippen LogP) is 3.85. The SMILES string of the molecule is CC(=N)Cc1cccc(OCc2ccccc2)c1. The van der Waals surface area contributed by atoms with Gasteiger partial charge < -0.3 is 10.1 Å². The maximum Gasteiger partial charge on any atom is 0.120 e. The Morgan fingerprint density at radius 1 is 1.00 bits per heavy atom. The quantitative estimate of drug-likeness (QED) is 0.790. The molecule has 0 bridgehead atoms. The van der Waals surface area contributed by atoms with Crippen LogP contribution in [0.2, 0.25) is 0 Å². The zero-order valence-corrected chi connectivity index (χ0v) is 10.5. The lowest BCUT2D eigenvalue weighted by Crippen LogP contribution is -1.98. The molecule has 0 saturated heterocycles. The summed E-state index contributed by atoms with van der Waals surface area (Å²) in [4.78, 5) is 0. The minimum absolute atomic E-state index is 0.577. The fourth-order valence-electron chi connectivity index (χ4n) is 1.79. The molecule has 2 heteroatoms. The van der Waals surface area contributed by atoms with Crippen LogP contribution in [-0.2, 0) is 13.0 Å². The van der Waals surface area contributed by atoms with Crippen LogP contribution in [0.3, 0.4) is 0 Å². The van der Waals surface area contributed by atoms with E-state index >= 15 is 0 Å². The van der Waals surface area contributed by atoms with Crippen molar-refractivity contribution in [2.45, 2.75) is 20.0 Å². The number of ether oxygens (including phenoxy) is 1. The van der Waals surface area contributed by atoms with Crippen LogP contribution in [0.5, 0.6) is 5.75 Å². The standard InChI is InChI=1S/C16H17NO/c1-13(17)10-15-8-5-9-16(11-15)18-12-14-6-3-2-4-7-14/h2-9,11,17H,10,12H2,1H3. The fourth-order valence-corrected chi connectivity index (χ4v) is 1.79. The molecule has 2 nitrogen and oxygen atoms in total. The summed E-state index contributed by atoms with van der Waals surface area (Å²) in [6, 6.07) is 18.0. The van der Waals surface area contributed by atoms with Gasteiger partial charge in [-0.25, -0.2) is 0 Å². The highest BCUT2D eigenvalue weighted by Gasteiger charge is 1.99. The van der Waals surface area contributed by atoms with Gasteiger partial charge in [-0.2, -0.15) is 0 Å². The maximum atomic E-state index is 7.50. The number of hydrogen-bond donors (Lipinski definition) is 1. The van der Waals surface area contributed by atoms with Gasteiger partial charge in [-0.1, -0.05) is 42.5 Å². The fraction of sp³-hybridized carbons (Fsp3) is 0.188. The van der Waals surface area contributed by atoms with Crippen molar-refractivity contribution < 1.29 is 4.74 Å². The van der Waals surface area contributed by atoms with Crippen LogP contribution in [0.25, 0.3) is 0 Å². The second-order valence-corrected chi connectivity index (χ2v) is 4.38. The average molecular weight is 239 g/mol. The first-order chi connectivity index (χ1) is 8.74. The number of rotatable bonds is 5. The smallest absolute Gasteiger partial charge is 0.120 e. The summed E-state index contributed by atoms with van der Waals surface area (Å²) in [6.07, 6.45) is 0.683. The van der Waals surface area contributed by atoms with Gasteiger partial charge in [0.25, 0.3) is 0 Å². The molecule has 0 aliphatic carbocycles. The highest BCUT2D eigenvalue weighted by Crippen LogP contribution is 2.15. The first kappa shape index (κ1) is 12.4. The van der Waals surface area contributed by atoms with Crippen molar-refractivity contribution >= 4 is 5.71 Å². The average Bonchev–Trinajstić information content (AvgIpc) is 2.37. The molecule has 0 radical (unpaired) electrons. The van der Waals surface area contributed by atoms with Crippen LogP contribution >= 0.6 is 0 Å². The van der Waals surface area contributed by atoms with Crippen molar-refractivity contribution in [1.82, 2.24) is 0 Å². The molecule has 92 valence electrons. The second-order valence-electron chi connectivity index (χ2n) is 4.38. The topological polar surface area (TPSA) is 33.1 Å². The summed E-state index contributed by atoms with van der Waals surface area (Å²) >= 11 is 0. The lowest BCUT2D eigenvalue weighted by Gasteiger charge is -2.08. The van der Waals surface area contributed by atoms with E-state index in [2.05, 4.69) is 0 Å². The summed E-state index contributed by atoms with van der Waals surface area (Å²) < 4.78 is 5.74. The van der Waals surface area contributed by atoms with Crippen LogP contribution in [-0.4, -0.2) is 5.71 Å². The normalized spacial score (nSPS) is 10.1. The summed E-state index contributed by atoms with van der Waals surface area (Å²) in [5, 5.41) is 7.50. The second kappa shape index (κ2) is 6.01. The Labute approximate surface area is 108 Å². The van der Waals surface area contributed by atoms with E-state index in [1.54, 1.807) is 0 Å². The summed E-state index contributed by atoms with van der Waals surface area (Å²) in [5.74, 6) is 0.859. The molecular formula is C16H17NO. The number of benzene rings is 2. The Kier molecular flexibility index (Phi) is 4.13. The molecule has 0 aliphatic rings. The van der Waals surface area contributed by atoms with E-state index < -0.39 is 0 Å². The molecule has 0 heterocycles. The highest BCUT2D eigenvalue weighted by molar-refractivity contribution is 5.81. The lowest BCUT2D eigenvalue weighted by molar-refractivity contribution is 0.306. The van der Waals surface area contributed by atoms with E-state index in [4.69, 9.17) is 10.1 Å². The van der Waals surface area contributed by atoms with E-state index in [1.807, 2.05) is 61.5 Å². The van der Waals surface area contributed by atoms with Crippen molar-refractivity contribution in [3.05, 3.63) is 65.7 Å². The van der Waals surface area contributed by atoms with Crippen LogP contribution < -0.4 is 4.74 Å². The molecule has 1 N–H and O–H groups in total. The molecule has 18 heavy (non-hydrogen) atoms. The van der Waals surface area contributed by atoms with Gasteiger partial charge in [-0.15, -0.1) is 0 Å². The minimum Gasteiger partial charge on any atom is -0.489 e. The molecule has 0 unspecified atom stereocenters. The molecule has 0 spiro atoms. The van der Waals surface area contributed by atoms with Crippen LogP contribution in [0.15, 0.2) is 54.6 Å². The van der Waals surface area contributed by atoms with Gasteiger partial charge in [0.05, 0.1) is 0 Å². The van der Waals surface area contributed by atoms with E-state index in [1.165, 1.54) is 0 Å². The Hall–Kier alpha value is -2.09. The number of hydrogen-bond acceptors (Lipinski definition) is 2. The van der Waals surface area contributed by atoms with Crippen molar-refractivity contribution in [3.63, 3.8) is 0 Å². The van der Waals surface area contributed by atoms with Crippen molar-refractivity contribution in [1.29, 1.82) is 5.41 Å². The molecule has 0 aromatic heterocycles. The van der Waals surface area contributed by atoms with Crippen LogP contribution in [0, 0.1) is 5.41 Å². The van der Waals surface area contributed by atoms with Gasteiger partial charge in [0, 0.05) is 12.1 Å². The Bertz CT molecular complexity index is 520. The zero-order valence-electron chi connectivity index (χ0n) is 10.5. The Morgan fingerprint density at radius 3 is 2.44 bits per heavy atom. The molecule has 2 aromatic carbocycles. The van der Waals surface area contributed by atoms with Crippen LogP contribution in [0.1, 0.15) is 18.1 Å². The first-order valence-corrected chi connectivity index (χ1v) is 6.04. The predicted molar refractivity (Wildman–Crippen MR) is 74.3 cm³/mol. The third-order valence-corrected chi connectivity index (χ3v) is 2.62. The summed E-state index contributed by atoms with van der Waals surface area (Å²) in [7, 11) is 0. The first-order valence-electron chi connectivity index (χ1n) is 6.04. The highest BCUT2D eigenvalue weighted by atomic mass is 16.5. The van der Waals surface area contributed by atoms with Crippen molar-refractivity contribution in [2.75, 3.05) is 0 Å². The van der Waals surface area contributed by atoms with Crippen molar-refractivity contribution in [3.8, 4) is 5.75 Å². The third-order valence-electron chi connectivity index (χ3n) is 2.62. The summed E-state index contributed by atoms with van der Waals surface area (Å²) in [5.41, 5.74) is 2.94. The molecule has 2 aromatic rings. The van der Waals surface area contributed by atoms with E-state index in [9.17, 15) is 0 Å². The van der Waals surface area contributed by atoms with Gasteiger partial charge in [-0.3, -0.25) is 0 Å². The van der Waals surface area contributed by atoms with E-state index in [0.717, 1.165) is 16.9 Å². The van der Waals surface area contributed by atoms with E-state index in [0.29, 0.717) is 18.7 Å². The molecule has 0 aliphatic heterocycles. The largest absolute Gasteiger partial charge is 0.489 e. The molecular weight excluding hydrogens is 222 g/mol. The molecule has 0 atom stereocenters.